The van der Waals surface area contributed by atoms with Crippen LogP contribution < -0.4 is 0 Å². The predicted molar refractivity (Wildman–Crippen MR) is 134 cm³/mol. The highest BCUT2D eigenvalue weighted by molar-refractivity contribution is 6.05. The van der Waals surface area contributed by atoms with Gasteiger partial charge in [0, 0.05) is 25.2 Å². The van der Waals surface area contributed by atoms with Crippen molar-refractivity contribution in [2.24, 2.45) is 34.0 Å². The lowest BCUT2D eigenvalue weighted by molar-refractivity contribution is -0.522. The normalized spacial score (nSPS) is 52.9. The van der Waals surface area contributed by atoms with Gasteiger partial charge in [-0.25, -0.2) is 0 Å². The first kappa shape index (κ1) is 24.6. The summed E-state index contributed by atoms with van der Waals surface area (Å²) < 4.78 is 32.7. The van der Waals surface area contributed by atoms with Crippen LogP contribution in [-0.2, 0) is 28.5 Å². The molecule has 7 heteroatoms. The lowest BCUT2D eigenvalue weighted by Gasteiger charge is -2.76. The quantitative estimate of drug-likeness (QED) is 0.338. The average Bonchev–Trinajstić information content (AvgIpc) is 2.94. The Balaban J connectivity index is 1.43. The van der Waals surface area contributed by atoms with Gasteiger partial charge in [0.25, 0.3) is 0 Å². The summed E-state index contributed by atoms with van der Waals surface area (Å²) in [6.07, 6.45) is 4.32. The van der Waals surface area contributed by atoms with Crippen LogP contribution in [0, 0.1) is 40.9 Å². The number of fused-ring (bicyclic) bond motifs is 1. The Kier molecular flexibility index (Phi) is 4.94. The molecular formula is C30H41O7+. The summed E-state index contributed by atoms with van der Waals surface area (Å²) in [5, 5.41) is 12.4. The SMILES string of the molecule is C=C1C(=O)[C@@]23[C@@H]4OC([CH2+])(C)O[C@@]25OC[C@]2(C6=C(CC[C@@H](OCCCC)O6)CC(C)(C)[C@H]2[C@@H]5O)[C@@H]3CC[C@@H]14. The van der Waals surface area contributed by atoms with E-state index in [0.29, 0.717) is 18.8 Å². The highest BCUT2D eigenvalue weighted by atomic mass is 16.8. The van der Waals surface area contributed by atoms with E-state index >= 15 is 0 Å². The van der Waals surface area contributed by atoms with Gasteiger partial charge in [-0.3, -0.25) is 9.53 Å². The second-order valence-corrected chi connectivity index (χ2v) is 13.6. The largest absolute Gasteiger partial charge is 0.469 e. The van der Waals surface area contributed by atoms with Crippen LogP contribution in [0.4, 0.5) is 0 Å². The minimum absolute atomic E-state index is 0.0749. The molecule has 1 N–H and O–H groups in total. The molecule has 8 aliphatic rings. The van der Waals surface area contributed by atoms with Crippen molar-refractivity contribution in [2.75, 3.05) is 13.2 Å². The van der Waals surface area contributed by atoms with Crippen LogP contribution in [0.3, 0.4) is 0 Å². The van der Waals surface area contributed by atoms with Gasteiger partial charge in [0.2, 0.25) is 5.79 Å². The summed E-state index contributed by atoms with van der Waals surface area (Å²) in [6, 6.07) is 0. The number of hydrogen-bond acceptors (Lipinski definition) is 7. The second-order valence-electron chi connectivity index (χ2n) is 13.6. The molecule has 0 amide bonds. The Morgan fingerprint density at radius 3 is 2.76 bits per heavy atom. The molecule has 0 aromatic heterocycles. The third-order valence-corrected chi connectivity index (χ3v) is 11.0. The molecular weight excluding hydrogens is 472 g/mol. The number of allylic oxidation sites excluding steroid dienone is 1. The Bertz CT molecular complexity index is 1090. The van der Waals surface area contributed by atoms with E-state index in [1.54, 1.807) is 6.92 Å². The van der Waals surface area contributed by atoms with Crippen LogP contribution in [0.15, 0.2) is 23.5 Å². The molecule has 0 aromatic rings. The molecule has 10 atom stereocenters. The zero-order valence-corrected chi connectivity index (χ0v) is 22.6. The molecule has 7 nitrogen and oxygen atoms in total. The number of rotatable bonds is 4. The maximum Gasteiger partial charge on any atom is 0.314 e. The summed E-state index contributed by atoms with van der Waals surface area (Å²) >= 11 is 0. The molecule has 4 aliphatic carbocycles. The summed E-state index contributed by atoms with van der Waals surface area (Å²) in [5.74, 6) is -2.45. The Morgan fingerprint density at radius 1 is 1.22 bits per heavy atom. The topological polar surface area (TPSA) is 83.5 Å². The van der Waals surface area contributed by atoms with Gasteiger partial charge in [0.05, 0.1) is 24.7 Å². The molecule has 37 heavy (non-hydrogen) atoms. The van der Waals surface area contributed by atoms with Crippen LogP contribution >= 0.6 is 0 Å². The molecule has 202 valence electrons. The van der Waals surface area contributed by atoms with Gasteiger partial charge in [0.15, 0.2) is 12.1 Å². The van der Waals surface area contributed by atoms with Gasteiger partial charge in [-0.15, -0.1) is 0 Å². The fraction of sp³-hybridized carbons (Fsp3) is 0.800. The number of ether oxygens (including phenoxy) is 5. The fourth-order valence-corrected chi connectivity index (χ4v) is 10.0. The van der Waals surface area contributed by atoms with Crippen molar-refractivity contribution < 1.29 is 33.6 Å². The Hall–Kier alpha value is -1.38. The van der Waals surface area contributed by atoms with Crippen molar-refractivity contribution in [1.82, 2.24) is 0 Å². The lowest BCUT2D eigenvalue weighted by atomic mass is 9.36. The van der Waals surface area contributed by atoms with E-state index in [2.05, 4.69) is 34.3 Å². The number of aliphatic hydroxyl groups excluding tert-OH is 1. The van der Waals surface area contributed by atoms with Crippen LogP contribution in [0.5, 0.6) is 0 Å². The van der Waals surface area contributed by atoms with E-state index in [9.17, 15) is 9.90 Å². The zero-order valence-electron chi connectivity index (χ0n) is 22.6. The molecule has 4 heterocycles. The van der Waals surface area contributed by atoms with Crippen LogP contribution in [-0.4, -0.2) is 54.2 Å². The maximum absolute atomic E-state index is 14.4. The Morgan fingerprint density at radius 2 is 2.00 bits per heavy atom. The lowest BCUT2D eigenvalue weighted by Crippen LogP contribution is -2.87. The van der Waals surface area contributed by atoms with Crippen molar-refractivity contribution >= 4 is 5.78 Å². The minimum Gasteiger partial charge on any atom is -0.469 e. The molecule has 3 saturated heterocycles. The highest BCUT2D eigenvalue weighted by Crippen LogP contribution is 2.80. The third kappa shape index (κ3) is 2.66. The summed E-state index contributed by atoms with van der Waals surface area (Å²) in [5.41, 5.74) is -0.251. The molecule has 1 unspecified atom stereocenters. The van der Waals surface area contributed by atoms with Crippen molar-refractivity contribution in [2.45, 2.75) is 103 Å². The standard InChI is InChI=1S/C30H41O7/c1-7-8-13-33-20-12-9-17-14-26(3,4)21-23(32)30-29-19(28(21,15-34-30)24(17)35-20)11-10-18(16(2)22(29)31)25(29)36-27(5,6)37-30/h18-21,23,25,32H,2,5,7-15H2,1,3-4,6H3/q+1/t18-,19-,20-,21+,23-,25+,27?,28-,29-,30+/m0/s1. The van der Waals surface area contributed by atoms with E-state index in [1.807, 2.05) is 0 Å². The Labute approximate surface area is 219 Å². The number of carbonyl (C=O) groups excluding carboxylic acids is 1. The molecule has 4 aliphatic heterocycles. The van der Waals surface area contributed by atoms with Gasteiger partial charge < -0.3 is 24.1 Å². The van der Waals surface area contributed by atoms with Crippen LogP contribution in [0.2, 0.25) is 0 Å². The van der Waals surface area contributed by atoms with E-state index in [1.165, 1.54) is 5.57 Å². The van der Waals surface area contributed by atoms with Crippen molar-refractivity contribution in [3.8, 4) is 0 Å². The van der Waals surface area contributed by atoms with Gasteiger partial charge in [-0.1, -0.05) is 33.8 Å². The molecule has 8 rings (SSSR count). The minimum atomic E-state index is -1.53. The van der Waals surface area contributed by atoms with Crippen LogP contribution in [0.1, 0.15) is 72.6 Å². The molecule has 0 radical (unpaired) electrons. The van der Waals surface area contributed by atoms with Crippen molar-refractivity contribution in [3.05, 3.63) is 30.4 Å². The fourth-order valence-electron chi connectivity index (χ4n) is 10.0. The van der Waals surface area contributed by atoms with Gasteiger partial charge in [-0.05, 0) is 54.6 Å². The smallest absolute Gasteiger partial charge is 0.314 e. The van der Waals surface area contributed by atoms with Crippen molar-refractivity contribution in [3.63, 3.8) is 0 Å². The van der Waals surface area contributed by atoms with E-state index in [0.717, 1.165) is 50.7 Å². The number of hydrogen-bond donors (Lipinski definition) is 1. The molecule has 4 bridgehead atoms. The molecule has 3 spiro atoms. The molecule has 3 saturated carbocycles. The summed E-state index contributed by atoms with van der Waals surface area (Å²) in [6.45, 7) is 17.8. The number of Topliss-reactive ketones (excluding diaryl/α,β-unsaturated/α-hetero) is 1. The van der Waals surface area contributed by atoms with E-state index in [-0.39, 0.29) is 35.2 Å². The monoisotopic (exact) mass is 513 g/mol. The van der Waals surface area contributed by atoms with E-state index in [4.69, 9.17) is 23.7 Å². The average molecular weight is 514 g/mol. The second kappa shape index (κ2) is 7.42. The van der Waals surface area contributed by atoms with Gasteiger partial charge >= 0.3 is 5.79 Å². The summed E-state index contributed by atoms with van der Waals surface area (Å²) in [4.78, 5) is 14.4. The zero-order chi connectivity index (χ0) is 26.2. The number of carbonyl (C=O) groups is 1. The van der Waals surface area contributed by atoms with Crippen molar-refractivity contribution in [1.29, 1.82) is 0 Å². The van der Waals surface area contributed by atoms with Gasteiger partial charge in [-0.2, -0.15) is 0 Å². The first-order valence-corrected chi connectivity index (χ1v) is 14.3. The van der Waals surface area contributed by atoms with Gasteiger partial charge in [0.1, 0.15) is 24.2 Å². The molecule has 0 aromatic carbocycles. The van der Waals surface area contributed by atoms with E-state index < -0.39 is 34.6 Å². The number of ketones is 1. The first-order valence-electron chi connectivity index (χ1n) is 14.3. The molecule has 6 fully saturated rings. The summed E-state index contributed by atoms with van der Waals surface area (Å²) in [7, 11) is 0. The number of aliphatic hydroxyl groups is 1. The first-order chi connectivity index (χ1) is 17.5. The highest BCUT2D eigenvalue weighted by Gasteiger charge is 2.90. The third-order valence-electron chi connectivity index (χ3n) is 11.0. The maximum atomic E-state index is 14.4. The number of unbranched alkanes of at least 4 members (excludes halogenated alkanes) is 1. The van der Waals surface area contributed by atoms with Crippen LogP contribution in [0.25, 0.3) is 0 Å². The predicted octanol–water partition coefficient (Wildman–Crippen LogP) is 4.44.